The second kappa shape index (κ2) is 14.7. The fraction of sp³-hybridized carbons (Fsp3) is 0.591. The Morgan fingerprint density at radius 1 is 0.915 bits per heavy atom. The maximum absolute atomic E-state index is 15.6. The van der Waals surface area contributed by atoms with Crippen LogP contribution in [0.25, 0.3) is 6.08 Å². The number of aliphatic carboxylic acids is 2. The summed E-state index contributed by atoms with van der Waals surface area (Å²) in [5.74, 6) is -7.74. The van der Waals surface area contributed by atoms with E-state index in [1.165, 1.54) is 13.0 Å². The van der Waals surface area contributed by atoms with Crippen molar-refractivity contribution in [3.63, 3.8) is 0 Å². The zero-order chi connectivity index (χ0) is 43.3. The molecule has 15 heteroatoms. The molecule has 320 valence electrons. The molecule has 7 aliphatic rings. The molecule has 15 nitrogen and oxygen atoms in total. The van der Waals surface area contributed by atoms with Gasteiger partial charge in [0.15, 0.2) is 35.2 Å². The first-order chi connectivity index (χ1) is 27.5. The maximum atomic E-state index is 15.6. The zero-order valence-corrected chi connectivity index (χ0v) is 34.5. The molecule has 2 saturated heterocycles. The number of Topliss-reactive ketones (excluding diaryl/α,β-unsaturated/α-hetero) is 2. The van der Waals surface area contributed by atoms with Crippen LogP contribution in [0.4, 0.5) is 0 Å². The van der Waals surface area contributed by atoms with Crippen LogP contribution in [0.3, 0.4) is 0 Å². The minimum absolute atomic E-state index is 0.0250. The molecular weight excluding hydrogens is 768 g/mol. The number of ether oxygens (including phenoxy) is 5. The normalized spacial score (nSPS) is 37.4. The number of aliphatic hydroxyl groups is 3. The minimum atomic E-state index is -2.04. The Hall–Kier alpha value is -4.38. The quantitative estimate of drug-likeness (QED) is 0.136. The number of ketones is 2. The molecule has 1 spiro atoms. The van der Waals surface area contributed by atoms with Gasteiger partial charge in [-0.05, 0) is 93.2 Å². The summed E-state index contributed by atoms with van der Waals surface area (Å²) < 4.78 is 32.7. The second-order valence-electron chi connectivity index (χ2n) is 18.1. The van der Waals surface area contributed by atoms with Crippen molar-refractivity contribution < 1.29 is 73.5 Å². The van der Waals surface area contributed by atoms with E-state index >= 15 is 9.59 Å². The van der Waals surface area contributed by atoms with E-state index in [-0.39, 0.29) is 41.7 Å². The molecule has 0 amide bonds. The minimum Gasteiger partial charge on any atom is -0.506 e. The van der Waals surface area contributed by atoms with Gasteiger partial charge in [-0.2, -0.15) is 0 Å². The van der Waals surface area contributed by atoms with E-state index in [1.807, 2.05) is 46.8 Å². The maximum Gasteiger partial charge on any atom is 0.335 e. The number of benzene rings is 1. The summed E-state index contributed by atoms with van der Waals surface area (Å²) in [7, 11) is 0. The topological polar surface area (TPSA) is 236 Å². The Labute approximate surface area is 341 Å². The van der Waals surface area contributed by atoms with E-state index in [9.17, 15) is 40.2 Å². The molecular formula is C44H54O15. The highest BCUT2D eigenvalue weighted by molar-refractivity contribution is 6.10. The van der Waals surface area contributed by atoms with Crippen molar-refractivity contribution in [1.29, 1.82) is 0 Å². The van der Waals surface area contributed by atoms with Crippen molar-refractivity contribution in [2.24, 2.45) is 17.8 Å². The summed E-state index contributed by atoms with van der Waals surface area (Å²) in [5, 5.41) is 64.0. The standard InChI is InChI=1S/C44H54O15/c1-19(2)10-9-15-42(8)16-14-22-28(45)26-29(46)27-35(55-40-32(49)30(47)31(48)36(56-40)39(53)54)24-18-25-41(6,7)59-43(37(24)50,17-13-21(5)38(51)52)44(25,27)58-34(26)23(33(22)57-42)12-11-20(3)4/h10-11,13-14,16,24-25,27,30-32,35-36,40,45,47-49H,9,12,15,17-18H2,1-8H3,(H,51,52)(H,53,54)/b21-13-/t24-,25-,27?,30-,31-,32+,35?,36-,40+,42+,43-,44-/m0/s1. The lowest BCUT2D eigenvalue weighted by atomic mass is 9.45. The van der Waals surface area contributed by atoms with Crippen LogP contribution in [0.5, 0.6) is 17.2 Å². The number of allylic oxidation sites excluding steroid dienone is 4. The van der Waals surface area contributed by atoms with E-state index in [2.05, 4.69) is 6.08 Å². The number of carbonyl (C=O) groups is 4. The first-order valence-corrected chi connectivity index (χ1v) is 20.0. The second-order valence-corrected chi connectivity index (χ2v) is 18.1. The lowest BCUT2D eigenvalue weighted by Crippen LogP contribution is -2.81. The zero-order valence-electron chi connectivity index (χ0n) is 34.5. The molecule has 6 N–H and O–H groups in total. The van der Waals surface area contributed by atoms with Gasteiger partial charge in [0.25, 0.3) is 0 Å². The van der Waals surface area contributed by atoms with Crippen molar-refractivity contribution in [2.75, 3.05) is 0 Å². The lowest BCUT2D eigenvalue weighted by Gasteiger charge is -2.63. The van der Waals surface area contributed by atoms with E-state index in [0.29, 0.717) is 24.2 Å². The molecule has 8 rings (SSSR count). The van der Waals surface area contributed by atoms with Crippen molar-refractivity contribution in [2.45, 2.75) is 147 Å². The largest absolute Gasteiger partial charge is 0.506 e. The Bertz CT molecular complexity index is 2100. The molecule has 4 heterocycles. The monoisotopic (exact) mass is 822 g/mol. The van der Waals surface area contributed by atoms with E-state index in [0.717, 1.165) is 11.1 Å². The van der Waals surface area contributed by atoms with Gasteiger partial charge >= 0.3 is 11.9 Å². The van der Waals surface area contributed by atoms with Gasteiger partial charge in [0, 0.05) is 29.4 Å². The Kier molecular flexibility index (Phi) is 10.6. The van der Waals surface area contributed by atoms with Crippen molar-refractivity contribution in [1.82, 2.24) is 0 Å². The van der Waals surface area contributed by atoms with Gasteiger partial charge in [-0.1, -0.05) is 29.4 Å². The van der Waals surface area contributed by atoms with Crippen LogP contribution in [0.1, 0.15) is 103 Å². The van der Waals surface area contributed by atoms with Crippen LogP contribution in [0.15, 0.2) is 41.0 Å². The summed E-state index contributed by atoms with van der Waals surface area (Å²) in [6.07, 6.45) is -1.47. The summed E-state index contributed by atoms with van der Waals surface area (Å²) in [6, 6.07) is 0. The van der Waals surface area contributed by atoms with Gasteiger partial charge in [0.2, 0.25) is 0 Å². The third-order valence-electron chi connectivity index (χ3n) is 13.1. The molecule has 59 heavy (non-hydrogen) atoms. The SMILES string of the molecule is CC(C)=CCC[C@]1(C)C=Cc2c(O)c3c(c(CC=C(C)C)c2O1)O[C@]12C(C3=O)C(O[C@@H]3O[C@H](C(=O)O)[C@@H](O)[C@H](O)[C@H]3O)[C@@H]3C[C@H]1C(C)(C)O[C@@]2(C/C=C(/C)C(=O)O)C3=O. The first-order valence-electron chi connectivity index (χ1n) is 20.0. The molecule has 4 aliphatic heterocycles. The smallest absolute Gasteiger partial charge is 0.335 e. The van der Waals surface area contributed by atoms with Crippen LogP contribution < -0.4 is 9.47 Å². The summed E-state index contributed by atoms with van der Waals surface area (Å²) in [6.45, 7) is 14.6. The van der Waals surface area contributed by atoms with Gasteiger partial charge in [-0.3, -0.25) is 9.59 Å². The highest BCUT2D eigenvalue weighted by Gasteiger charge is 2.86. The first kappa shape index (κ1) is 42.7. The van der Waals surface area contributed by atoms with Gasteiger partial charge in [-0.15, -0.1) is 0 Å². The average Bonchev–Trinajstić information content (AvgIpc) is 3.28. The number of carboxylic acids is 2. The predicted octanol–water partition coefficient (Wildman–Crippen LogP) is 4.21. The number of phenols is 1. The number of hydrogen-bond acceptors (Lipinski definition) is 13. The molecule has 3 saturated carbocycles. The van der Waals surface area contributed by atoms with E-state index < -0.39 is 106 Å². The van der Waals surface area contributed by atoms with Crippen molar-refractivity contribution in [3.8, 4) is 17.2 Å². The number of carbonyl (C=O) groups excluding carboxylic acids is 2. The molecule has 1 aromatic rings. The number of hydrogen-bond donors (Lipinski definition) is 6. The highest BCUT2D eigenvalue weighted by atomic mass is 16.7. The molecule has 0 radical (unpaired) electrons. The van der Waals surface area contributed by atoms with Crippen molar-refractivity contribution >= 4 is 29.6 Å². The lowest BCUT2D eigenvalue weighted by molar-refractivity contribution is -0.324. The summed E-state index contributed by atoms with van der Waals surface area (Å²) in [5.41, 5.74) is -3.45. The van der Waals surface area contributed by atoms with Crippen LogP contribution in [0.2, 0.25) is 0 Å². The third kappa shape index (κ3) is 6.47. The molecule has 5 fully saturated rings. The highest BCUT2D eigenvalue weighted by Crippen LogP contribution is 2.71. The van der Waals surface area contributed by atoms with Gasteiger partial charge in [-0.25, -0.2) is 9.59 Å². The molecule has 12 atom stereocenters. The predicted molar refractivity (Wildman–Crippen MR) is 209 cm³/mol. The Balaban J connectivity index is 1.46. The summed E-state index contributed by atoms with van der Waals surface area (Å²) in [4.78, 5) is 55.0. The number of phenolic OH excluding ortho intramolecular Hbond substituents is 1. The van der Waals surface area contributed by atoms with E-state index in [1.54, 1.807) is 19.9 Å². The van der Waals surface area contributed by atoms with Crippen LogP contribution in [-0.4, -0.2) is 113 Å². The molecule has 1 aromatic carbocycles. The molecule has 2 unspecified atom stereocenters. The number of aromatic hydroxyl groups is 1. The average molecular weight is 823 g/mol. The van der Waals surface area contributed by atoms with Crippen molar-refractivity contribution in [3.05, 3.63) is 57.7 Å². The van der Waals surface area contributed by atoms with Gasteiger partial charge in [0.1, 0.15) is 46.7 Å². The fourth-order valence-electron chi connectivity index (χ4n) is 10.2. The number of carboxylic acid groups (broad SMARTS) is 2. The Morgan fingerprint density at radius 3 is 2.22 bits per heavy atom. The number of aliphatic hydroxyl groups excluding tert-OH is 3. The van der Waals surface area contributed by atoms with Crippen LogP contribution >= 0.6 is 0 Å². The fourth-order valence-corrected chi connectivity index (χ4v) is 10.2. The van der Waals surface area contributed by atoms with E-state index in [4.69, 9.17) is 23.7 Å². The Morgan fingerprint density at radius 2 is 1.59 bits per heavy atom. The molecule has 0 aromatic heterocycles. The number of fused-ring (bicyclic) bond motifs is 2. The summed E-state index contributed by atoms with van der Waals surface area (Å²) >= 11 is 0. The van der Waals surface area contributed by atoms with Crippen LogP contribution in [-0.2, 0) is 35.0 Å². The van der Waals surface area contributed by atoms with Gasteiger partial charge < -0.3 is 54.3 Å². The molecule has 4 bridgehead atoms. The number of rotatable bonds is 11. The van der Waals surface area contributed by atoms with Gasteiger partial charge in [0.05, 0.1) is 23.2 Å². The van der Waals surface area contributed by atoms with Crippen LogP contribution in [0, 0.1) is 17.8 Å². The third-order valence-corrected chi connectivity index (χ3v) is 13.1. The molecule has 3 aliphatic carbocycles.